The first kappa shape index (κ1) is 24.2. The molecule has 2 aromatic heterocycles. The second-order valence-corrected chi connectivity index (χ2v) is 7.08. The van der Waals surface area contributed by atoms with E-state index in [0.29, 0.717) is 24.7 Å². The summed E-state index contributed by atoms with van der Waals surface area (Å²) >= 11 is 0. The Morgan fingerprint density at radius 3 is 2.44 bits per heavy atom. The van der Waals surface area contributed by atoms with Crippen molar-refractivity contribution in [3.63, 3.8) is 0 Å². The molecule has 1 radical (unpaired) electrons. The van der Waals surface area contributed by atoms with Gasteiger partial charge in [-0.2, -0.15) is 5.21 Å². The number of aromatic carboxylic acids is 1. The number of hydrogen-bond acceptors (Lipinski definition) is 6. The predicted molar refractivity (Wildman–Crippen MR) is 123 cm³/mol. The largest absolute Gasteiger partial charge is 0.478 e. The van der Waals surface area contributed by atoms with Crippen molar-refractivity contribution in [3.05, 3.63) is 78.0 Å². The molecular formula is C23H22KN6O2. The fourth-order valence-corrected chi connectivity index (χ4v) is 3.56. The summed E-state index contributed by atoms with van der Waals surface area (Å²) in [5.41, 5.74) is 4.23. The zero-order valence-electron chi connectivity index (χ0n) is 18.1. The molecule has 2 aromatic carbocycles. The number of pyridine rings is 1. The summed E-state index contributed by atoms with van der Waals surface area (Å²) < 4.78 is 0. The molecule has 157 valence electrons. The van der Waals surface area contributed by atoms with E-state index in [1.165, 1.54) is 0 Å². The van der Waals surface area contributed by atoms with Gasteiger partial charge < -0.3 is 10.0 Å². The van der Waals surface area contributed by atoms with Crippen molar-refractivity contribution in [3.8, 4) is 22.5 Å². The first-order chi connectivity index (χ1) is 15.2. The smallest absolute Gasteiger partial charge is 0.339 e. The average Bonchev–Trinajstić information content (AvgIpc) is 3.34. The number of anilines is 1. The number of nitrogens with zero attached hydrogens (tertiary/aromatic N) is 5. The van der Waals surface area contributed by atoms with E-state index in [0.717, 1.165) is 28.7 Å². The molecule has 2 N–H and O–H groups in total. The topological polar surface area (TPSA) is 108 Å². The van der Waals surface area contributed by atoms with E-state index in [2.05, 4.69) is 44.7 Å². The van der Waals surface area contributed by atoms with E-state index < -0.39 is 5.97 Å². The third kappa shape index (κ3) is 5.48. The Hall–Kier alpha value is -2.43. The van der Waals surface area contributed by atoms with Gasteiger partial charge in [0.15, 0.2) is 0 Å². The van der Waals surface area contributed by atoms with Gasteiger partial charge in [-0.1, -0.05) is 55.5 Å². The number of aromatic amines is 1. The Labute approximate surface area is 228 Å². The van der Waals surface area contributed by atoms with Crippen molar-refractivity contribution in [2.45, 2.75) is 19.9 Å². The molecule has 0 unspecified atom stereocenters. The Balaban J connectivity index is 0.00000289. The van der Waals surface area contributed by atoms with Crippen LogP contribution in [-0.4, -0.2) is 94.6 Å². The van der Waals surface area contributed by atoms with Gasteiger partial charge in [-0.15, -0.1) is 10.2 Å². The number of nitrogens with one attached hydrogen (secondary N) is 1. The number of rotatable bonds is 8. The molecule has 0 spiro atoms. The van der Waals surface area contributed by atoms with Crippen LogP contribution in [0.3, 0.4) is 0 Å². The minimum Gasteiger partial charge on any atom is -0.478 e. The van der Waals surface area contributed by atoms with Gasteiger partial charge in [-0.3, -0.25) is 0 Å². The molecule has 2 heterocycles. The van der Waals surface area contributed by atoms with Crippen LogP contribution in [-0.2, 0) is 6.54 Å². The van der Waals surface area contributed by atoms with Crippen molar-refractivity contribution < 1.29 is 9.90 Å². The Morgan fingerprint density at radius 2 is 1.78 bits per heavy atom. The van der Waals surface area contributed by atoms with Crippen LogP contribution in [0, 0.1) is 0 Å². The monoisotopic (exact) mass is 453 g/mol. The Bertz CT molecular complexity index is 1170. The number of aromatic nitrogens is 5. The molecule has 8 nitrogen and oxygen atoms in total. The minimum absolute atomic E-state index is 0. The first-order valence-corrected chi connectivity index (χ1v) is 10.0. The summed E-state index contributed by atoms with van der Waals surface area (Å²) in [5, 5.41) is 23.9. The van der Waals surface area contributed by atoms with Gasteiger partial charge in [0.1, 0.15) is 11.4 Å². The molecule has 4 aromatic rings. The second kappa shape index (κ2) is 11.4. The predicted octanol–water partition coefficient (Wildman–Crippen LogP) is 3.66. The van der Waals surface area contributed by atoms with Crippen LogP contribution in [0.25, 0.3) is 22.5 Å². The number of H-pyrrole nitrogens is 1. The molecule has 0 aliphatic rings. The van der Waals surface area contributed by atoms with Crippen LogP contribution < -0.4 is 4.90 Å². The molecule has 0 fully saturated rings. The molecule has 0 saturated heterocycles. The molecule has 0 aliphatic heterocycles. The standard InChI is InChI=1S/C23H22N6O2.K/c1-2-14-29(22-20(23(30)31)8-5-13-24-22)15-16-9-11-17(12-10-16)18-6-3-4-7-19(18)21-25-27-28-26-21;/h3-13H,2,14-15H2,1H3,(H,30,31)(H,25,26,27,28);. The van der Waals surface area contributed by atoms with Crippen LogP contribution in [0.5, 0.6) is 0 Å². The molecule has 0 aliphatic carbocycles. The molecule has 9 heteroatoms. The molecule has 0 bridgehead atoms. The van der Waals surface area contributed by atoms with Crippen molar-refractivity contribution in [1.82, 2.24) is 25.6 Å². The van der Waals surface area contributed by atoms with Gasteiger partial charge in [0.25, 0.3) is 0 Å². The molecule has 0 atom stereocenters. The summed E-state index contributed by atoms with van der Waals surface area (Å²) in [6.07, 6.45) is 2.51. The third-order valence-electron chi connectivity index (χ3n) is 4.96. The summed E-state index contributed by atoms with van der Waals surface area (Å²) in [4.78, 5) is 18.0. The molecule has 32 heavy (non-hydrogen) atoms. The van der Waals surface area contributed by atoms with Crippen LogP contribution >= 0.6 is 0 Å². The number of carbonyl (C=O) groups is 1. The minimum atomic E-state index is -0.974. The summed E-state index contributed by atoms with van der Waals surface area (Å²) in [7, 11) is 0. The van der Waals surface area contributed by atoms with E-state index in [9.17, 15) is 9.90 Å². The molecular weight excluding hydrogens is 431 g/mol. The van der Waals surface area contributed by atoms with Crippen molar-refractivity contribution >= 4 is 63.2 Å². The zero-order chi connectivity index (χ0) is 21.6. The van der Waals surface area contributed by atoms with E-state index in [1.807, 2.05) is 41.3 Å². The zero-order valence-corrected chi connectivity index (χ0v) is 21.2. The molecule has 0 saturated carbocycles. The Kier molecular flexibility index (Phi) is 8.65. The van der Waals surface area contributed by atoms with Crippen LogP contribution in [0.4, 0.5) is 5.82 Å². The summed E-state index contributed by atoms with van der Waals surface area (Å²) in [6.45, 7) is 3.34. The van der Waals surface area contributed by atoms with Gasteiger partial charge in [-0.25, -0.2) is 9.78 Å². The number of tetrazole rings is 1. The number of carboxylic acid groups (broad SMARTS) is 1. The van der Waals surface area contributed by atoms with Gasteiger partial charge in [-0.05, 0) is 40.5 Å². The summed E-state index contributed by atoms with van der Waals surface area (Å²) in [5.74, 6) is 0.0613. The van der Waals surface area contributed by atoms with E-state index in [-0.39, 0.29) is 56.9 Å². The van der Waals surface area contributed by atoms with Crippen molar-refractivity contribution in [2.24, 2.45) is 0 Å². The Morgan fingerprint density at radius 1 is 1.03 bits per heavy atom. The first-order valence-electron chi connectivity index (χ1n) is 10.0. The van der Waals surface area contributed by atoms with Gasteiger partial charge >= 0.3 is 5.97 Å². The van der Waals surface area contributed by atoms with Gasteiger partial charge in [0.05, 0.1) is 0 Å². The fraction of sp³-hybridized carbons (Fsp3) is 0.174. The third-order valence-corrected chi connectivity index (χ3v) is 4.96. The van der Waals surface area contributed by atoms with E-state index in [1.54, 1.807) is 18.3 Å². The van der Waals surface area contributed by atoms with Crippen LogP contribution in [0.2, 0.25) is 0 Å². The number of hydrogen-bond donors (Lipinski definition) is 2. The normalized spacial score (nSPS) is 10.4. The maximum atomic E-state index is 11.6. The molecule has 4 rings (SSSR count). The fourth-order valence-electron chi connectivity index (χ4n) is 3.56. The second-order valence-electron chi connectivity index (χ2n) is 7.08. The number of carboxylic acids is 1. The van der Waals surface area contributed by atoms with Crippen molar-refractivity contribution in [2.75, 3.05) is 11.4 Å². The molecule has 0 amide bonds. The van der Waals surface area contributed by atoms with E-state index in [4.69, 9.17) is 0 Å². The SMILES string of the molecule is CCCN(Cc1ccc(-c2ccccc2-c2nn[nH]n2)cc1)c1ncccc1C(=O)O.[K]. The quantitative estimate of drug-likeness (QED) is 0.392. The van der Waals surface area contributed by atoms with Gasteiger partial charge in [0, 0.05) is 76.2 Å². The maximum Gasteiger partial charge on any atom is 0.339 e. The van der Waals surface area contributed by atoms with Crippen molar-refractivity contribution in [1.29, 1.82) is 0 Å². The maximum absolute atomic E-state index is 11.6. The van der Waals surface area contributed by atoms with E-state index >= 15 is 0 Å². The number of benzene rings is 2. The summed E-state index contributed by atoms with van der Waals surface area (Å²) in [6, 6.07) is 19.3. The van der Waals surface area contributed by atoms with Crippen LogP contribution in [0.1, 0.15) is 29.3 Å². The average molecular weight is 454 g/mol. The van der Waals surface area contributed by atoms with Crippen LogP contribution in [0.15, 0.2) is 66.9 Å². The van der Waals surface area contributed by atoms with Gasteiger partial charge in [0.2, 0.25) is 5.82 Å².